The molecule has 0 unspecified atom stereocenters. The molecule has 0 saturated heterocycles. The van der Waals surface area contributed by atoms with Gasteiger partial charge in [-0.3, -0.25) is 15.0 Å². The Kier molecular flexibility index (Phi) is 4.61. The maximum atomic E-state index is 12.4. The Morgan fingerprint density at radius 1 is 1.33 bits per heavy atom. The summed E-state index contributed by atoms with van der Waals surface area (Å²) in [5, 5.41) is 0.532. The van der Waals surface area contributed by atoms with Crippen molar-refractivity contribution in [1.82, 2.24) is 9.66 Å². The molecular formula is C17H17N3O3S. The first-order valence-corrected chi connectivity index (χ1v) is 8.35. The maximum absolute atomic E-state index is 12.4. The zero-order chi connectivity index (χ0) is 17.1. The summed E-state index contributed by atoms with van der Waals surface area (Å²) in [5.41, 5.74) is 3.15. The van der Waals surface area contributed by atoms with E-state index in [1.807, 2.05) is 25.1 Å². The van der Waals surface area contributed by atoms with E-state index in [9.17, 15) is 9.59 Å². The minimum absolute atomic E-state index is 0.165. The summed E-state index contributed by atoms with van der Waals surface area (Å²) >= 11 is 1.50. The highest BCUT2D eigenvalue weighted by molar-refractivity contribution is 7.18. The summed E-state index contributed by atoms with van der Waals surface area (Å²) in [6.45, 7) is 2.03. The average molecular weight is 343 g/mol. The average Bonchev–Trinajstić information content (AvgIpc) is 3.02. The molecule has 0 fully saturated rings. The van der Waals surface area contributed by atoms with E-state index in [0.717, 1.165) is 27.3 Å². The quantitative estimate of drug-likeness (QED) is 0.772. The van der Waals surface area contributed by atoms with Crippen LogP contribution >= 0.6 is 11.3 Å². The number of aromatic nitrogens is 2. The second kappa shape index (κ2) is 6.84. The lowest BCUT2D eigenvalue weighted by atomic mass is 10.1. The Hall–Kier alpha value is -2.67. The van der Waals surface area contributed by atoms with Crippen molar-refractivity contribution in [3.05, 3.63) is 57.5 Å². The largest absolute Gasteiger partial charge is 0.497 e. The van der Waals surface area contributed by atoms with E-state index < -0.39 is 0 Å². The highest BCUT2D eigenvalue weighted by Gasteiger charge is 2.10. The van der Waals surface area contributed by atoms with Crippen LogP contribution in [0, 0.1) is 0 Å². The Bertz CT molecular complexity index is 928. The standard InChI is InChI=1S/C17H17N3O3S/c1-3-13-9-14-16(24-13)18-10-20(17(14)22)19-15(21)8-11-4-6-12(23-2)7-5-11/h4-7,9-10H,3,8H2,1-2H3,(H,19,21). The first-order valence-electron chi connectivity index (χ1n) is 7.53. The Morgan fingerprint density at radius 3 is 2.75 bits per heavy atom. The Labute approximate surface area is 142 Å². The third kappa shape index (κ3) is 3.30. The lowest BCUT2D eigenvalue weighted by molar-refractivity contribution is -0.116. The van der Waals surface area contributed by atoms with Crippen LogP contribution in [0.2, 0.25) is 0 Å². The minimum Gasteiger partial charge on any atom is -0.497 e. The fraction of sp³-hybridized carbons (Fsp3) is 0.235. The third-order valence-electron chi connectivity index (χ3n) is 3.62. The van der Waals surface area contributed by atoms with Gasteiger partial charge in [0.15, 0.2) is 0 Å². The second-order valence-corrected chi connectivity index (χ2v) is 6.38. The second-order valence-electron chi connectivity index (χ2n) is 5.26. The number of fused-ring (bicyclic) bond motifs is 1. The van der Waals surface area contributed by atoms with E-state index in [2.05, 4.69) is 10.4 Å². The molecule has 0 radical (unpaired) electrons. The molecule has 0 aliphatic heterocycles. The smallest absolute Gasteiger partial charge is 0.280 e. The Morgan fingerprint density at radius 2 is 2.08 bits per heavy atom. The molecule has 3 rings (SSSR count). The first-order chi connectivity index (χ1) is 11.6. The van der Waals surface area contributed by atoms with Gasteiger partial charge in [0.05, 0.1) is 18.9 Å². The molecule has 1 amide bonds. The number of nitrogens with one attached hydrogen (secondary N) is 1. The molecule has 0 atom stereocenters. The minimum atomic E-state index is -0.283. The molecule has 0 aliphatic carbocycles. The van der Waals surface area contributed by atoms with Crippen LogP contribution in [0.1, 0.15) is 17.4 Å². The summed E-state index contributed by atoms with van der Waals surface area (Å²) in [4.78, 5) is 30.6. The van der Waals surface area contributed by atoms with Crippen LogP contribution in [-0.4, -0.2) is 22.7 Å². The number of amides is 1. The van der Waals surface area contributed by atoms with Crippen LogP contribution in [0.3, 0.4) is 0 Å². The number of ether oxygens (including phenoxy) is 1. The van der Waals surface area contributed by atoms with E-state index in [-0.39, 0.29) is 17.9 Å². The molecular weight excluding hydrogens is 326 g/mol. The van der Waals surface area contributed by atoms with E-state index in [0.29, 0.717) is 10.2 Å². The fourth-order valence-corrected chi connectivity index (χ4v) is 3.25. The molecule has 0 bridgehead atoms. The number of thiophene rings is 1. The van der Waals surface area contributed by atoms with E-state index in [1.54, 1.807) is 19.2 Å². The summed E-state index contributed by atoms with van der Waals surface area (Å²) in [6.07, 6.45) is 2.37. The van der Waals surface area contributed by atoms with Gasteiger partial charge >= 0.3 is 0 Å². The number of carbonyl (C=O) groups is 1. The van der Waals surface area contributed by atoms with E-state index in [4.69, 9.17) is 4.74 Å². The molecule has 124 valence electrons. The lowest BCUT2D eigenvalue weighted by Crippen LogP contribution is -2.33. The number of nitrogens with zero attached hydrogens (tertiary/aromatic N) is 2. The van der Waals surface area contributed by atoms with Crippen molar-refractivity contribution in [3.63, 3.8) is 0 Å². The van der Waals surface area contributed by atoms with Crippen LogP contribution in [0.5, 0.6) is 5.75 Å². The monoisotopic (exact) mass is 343 g/mol. The van der Waals surface area contributed by atoms with Crippen molar-refractivity contribution < 1.29 is 9.53 Å². The van der Waals surface area contributed by atoms with E-state index in [1.165, 1.54) is 17.7 Å². The molecule has 6 nitrogen and oxygen atoms in total. The molecule has 1 N–H and O–H groups in total. The zero-order valence-corrected chi connectivity index (χ0v) is 14.2. The van der Waals surface area contributed by atoms with E-state index >= 15 is 0 Å². The zero-order valence-electron chi connectivity index (χ0n) is 13.4. The molecule has 0 aliphatic rings. The lowest BCUT2D eigenvalue weighted by Gasteiger charge is -2.08. The van der Waals surface area contributed by atoms with Gasteiger partial charge in [-0.2, -0.15) is 0 Å². The number of methoxy groups -OCH3 is 1. The van der Waals surface area contributed by atoms with Crippen LogP contribution in [0.25, 0.3) is 10.2 Å². The van der Waals surface area contributed by atoms with Gasteiger partial charge in [-0.05, 0) is 30.2 Å². The first kappa shape index (κ1) is 16.2. The summed E-state index contributed by atoms with van der Waals surface area (Å²) in [7, 11) is 1.59. The van der Waals surface area contributed by atoms with Crippen LogP contribution < -0.4 is 15.7 Å². The molecule has 2 aromatic heterocycles. The Balaban J connectivity index is 1.77. The number of hydrogen-bond donors (Lipinski definition) is 1. The molecule has 2 heterocycles. The van der Waals surface area contributed by atoms with Gasteiger partial charge in [-0.25, -0.2) is 9.66 Å². The van der Waals surface area contributed by atoms with Crippen molar-refractivity contribution >= 4 is 27.5 Å². The predicted molar refractivity (Wildman–Crippen MR) is 94.3 cm³/mol. The van der Waals surface area contributed by atoms with Gasteiger partial charge in [0.2, 0.25) is 5.91 Å². The third-order valence-corrected chi connectivity index (χ3v) is 4.81. The summed E-state index contributed by atoms with van der Waals surface area (Å²) < 4.78 is 6.22. The molecule has 0 saturated carbocycles. The molecule has 0 spiro atoms. The highest BCUT2D eigenvalue weighted by atomic mass is 32.1. The van der Waals surface area contributed by atoms with Gasteiger partial charge in [0.1, 0.15) is 16.9 Å². The summed E-state index contributed by atoms with van der Waals surface area (Å²) in [6, 6.07) is 9.05. The number of rotatable bonds is 5. The van der Waals surface area contributed by atoms with Crippen molar-refractivity contribution in [2.24, 2.45) is 0 Å². The SMILES string of the molecule is CCc1cc2c(=O)n(NC(=O)Cc3ccc(OC)cc3)cnc2s1. The number of aryl methyl sites for hydroxylation is 1. The topological polar surface area (TPSA) is 73.2 Å². The van der Waals surface area contributed by atoms with Gasteiger partial charge < -0.3 is 4.74 Å². The van der Waals surface area contributed by atoms with Gasteiger partial charge in [-0.15, -0.1) is 11.3 Å². The number of hydrogen-bond acceptors (Lipinski definition) is 5. The normalized spacial score (nSPS) is 10.8. The van der Waals surface area contributed by atoms with Crippen molar-refractivity contribution in [2.75, 3.05) is 12.5 Å². The maximum Gasteiger partial charge on any atom is 0.280 e. The summed E-state index contributed by atoms with van der Waals surface area (Å²) in [5.74, 6) is 0.448. The molecule has 3 aromatic rings. The van der Waals surface area contributed by atoms with Gasteiger partial charge in [-0.1, -0.05) is 19.1 Å². The predicted octanol–water partition coefficient (Wildman–Crippen LogP) is 2.34. The van der Waals surface area contributed by atoms with Gasteiger partial charge in [0, 0.05) is 4.88 Å². The molecule has 1 aromatic carbocycles. The molecule has 24 heavy (non-hydrogen) atoms. The fourth-order valence-electron chi connectivity index (χ4n) is 2.33. The van der Waals surface area contributed by atoms with Crippen LogP contribution in [0.4, 0.5) is 0 Å². The van der Waals surface area contributed by atoms with Gasteiger partial charge in [0.25, 0.3) is 5.56 Å². The van der Waals surface area contributed by atoms with Crippen molar-refractivity contribution in [1.29, 1.82) is 0 Å². The van der Waals surface area contributed by atoms with Crippen LogP contribution in [-0.2, 0) is 17.6 Å². The number of carbonyl (C=O) groups excluding carboxylic acids is 1. The highest BCUT2D eigenvalue weighted by Crippen LogP contribution is 2.20. The van der Waals surface area contributed by atoms with Crippen LogP contribution in [0.15, 0.2) is 41.5 Å². The van der Waals surface area contributed by atoms with Crippen molar-refractivity contribution in [2.45, 2.75) is 19.8 Å². The molecule has 7 heteroatoms. The van der Waals surface area contributed by atoms with Crippen molar-refractivity contribution in [3.8, 4) is 5.75 Å². The number of benzene rings is 1.